The number of ether oxygens (including phenoxy) is 1. The fourth-order valence-corrected chi connectivity index (χ4v) is 3.32. The SMILES string of the molecule is Cc1nc(Nc2ccccc2OC(C)C)cc(C(=O)NC2CCCCC2)n1. The summed E-state index contributed by atoms with van der Waals surface area (Å²) in [6, 6.07) is 9.64. The van der Waals surface area contributed by atoms with Crippen molar-refractivity contribution in [3.8, 4) is 5.75 Å². The highest BCUT2D eigenvalue weighted by Gasteiger charge is 2.18. The van der Waals surface area contributed by atoms with E-state index in [0.29, 0.717) is 17.3 Å². The van der Waals surface area contributed by atoms with Gasteiger partial charge in [0.2, 0.25) is 0 Å². The van der Waals surface area contributed by atoms with E-state index in [9.17, 15) is 4.79 Å². The van der Waals surface area contributed by atoms with Crippen molar-refractivity contribution in [3.63, 3.8) is 0 Å². The van der Waals surface area contributed by atoms with Crippen molar-refractivity contribution >= 4 is 17.4 Å². The molecule has 1 saturated carbocycles. The molecule has 6 heteroatoms. The summed E-state index contributed by atoms with van der Waals surface area (Å²) in [5.74, 6) is 1.74. The van der Waals surface area contributed by atoms with Gasteiger partial charge in [0.1, 0.15) is 23.1 Å². The van der Waals surface area contributed by atoms with Gasteiger partial charge in [-0.25, -0.2) is 9.97 Å². The lowest BCUT2D eigenvalue weighted by atomic mass is 9.95. The first-order chi connectivity index (χ1) is 13.0. The Bertz CT molecular complexity index is 786. The number of anilines is 2. The molecule has 0 radical (unpaired) electrons. The molecule has 3 rings (SSSR count). The third-order valence-corrected chi connectivity index (χ3v) is 4.52. The molecule has 1 aromatic heterocycles. The summed E-state index contributed by atoms with van der Waals surface area (Å²) in [6.07, 6.45) is 5.75. The van der Waals surface area contributed by atoms with Crippen molar-refractivity contribution in [1.82, 2.24) is 15.3 Å². The van der Waals surface area contributed by atoms with Crippen LogP contribution in [-0.2, 0) is 0 Å². The van der Waals surface area contributed by atoms with E-state index < -0.39 is 0 Å². The van der Waals surface area contributed by atoms with Gasteiger partial charge in [-0.1, -0.05) is 31.4 Å². The summed E-state index contributed by atoms with van der Waals surface area (Å²) in [5.41, 5.74) is 1.20. The Kier molecular flexibility index (Phi) is 6.27. The largest absolute Gasteiger partial charge is 0.489 e. The quantitative estimate of drug-likeness (QED) is 0.791. The molecule has 2 N–H and O–H groups in total. The lowest BCUT2D eigenvalue weighted by Gasteiger charge is -2.22. The summed E-state index contributed by atoms with van der Waals surface area (Å²) < 4.78 is 5.84. The molecule has 2 aromatic rings. The zero-order valence-corrected chi connectivity index (χ0v) is 16.3. The minimum atomic E-state index is -0.137. The molecule has 0 spiro atoms. The van der Waals surface area contributed by atoms with E-state index in [1.54, 1.807) is 13.0 Å². The summed E-state index contributed by atoms with van der Waals surface area (Å²) in [4.78, 5) is 21.4. The third kappa shape index (κ3) is 5.42. The van der Waals surface area contributed by atoms with E-state index >= 15 is 0 Å². The van der Waals surface area contributed by atoms with Crippen molar-refractivity contribution < 1.29 is 9.53 Å². The summed E-state index contributed by atoms with van der Waals surface area (Å²) >= 11 is 0. The van der Waals surface area contributed by atoms with E-state index in [0.717, 1.165) is 24.3 Å². The van der Waals surface area contributed by atoms with Crippen LogP contribution >= 0.6 is 0 Å². The van der Waals surface area contributed by atoms with Gasteiger partial charge >= 0.3 is 0 Å². The smallest absolute Gasteiger partial charge is 0.270 e. The number of rotatable bonds is 6. The van der Waals surface area contributed by atoms with Crippen LogP contribution in [0.2, 0.25) is 0 Å². The summed E-state index contributed by atoms with van der Waals surface area (Å²) in [7, 11) is 0. The Labute approximate surface area is 160 Å². The van der Waals surface area contributed by atoms with E-state index in [2.05, 4.69) is 20.6 Å². The standard InChI is InChI=1S/C21H28N4O2/c1-14(2)27-19-12-8-7-11-17(19)25-20-13-18(22-15(3)23-20)21(26)24-16-9-5-4-6-10-16/h7-8,11-14,16H,4-6,9-10H2,1-3H3,(H,24,26)(H,22,23,25). The van der Waals surface area contributed by atoms with Crippen molar-refractivity contribution in [2.45, 2.75) is 65.0 Å². The number of nitrogens with zero attached hydrogens (tertiary/aromatic N) is 2. The Hall–Kier alpha value is -2.63. The molecular formula is C21H28N4O2. The van der Waals surface area contributed by atoms with Crippen LogP contribution in [0.3, 0.4) is 0 Å². The second kappa shape index (κ2) is 8.84. The molecule has 1 aliphatic rings. The first-order valence-electron chi connectivity index (χ1n) is 9.70. The number of nitrogens with one attached hydrogen (secondary N) is 2. The second-order valence-corrected chi connectivity index (χ2v) is 7.28. The highest BCUT2D eigenvalue weighted by molar-refractivity contribution is 5.93. The molecule has 0 atom stereocenters. The predicted octanol–water partition coefficient (Wildman–Crippen LogP) is 4.38. The van der Waals surface area contributed by atoms with Gasteiger partial charge in [-0.3, -0.25) is 4.79 Å². The zero-order valence-electron chi connectivity index (χ0n) is 16.3. The van der Waals surface area contributed by atoms with Gasteiger partial charge in [-0.15, -0.1) is 0 Å². The molecule has 27 heavy (non-hydrogen) atoms. The minimum Gasteiger partial charge on any atom is -0.489 e. The van der Waals surface area contributed by atoms with Crippen LogP contribution in [0, 0.1) is 6.92 Å². The lowest BCUT2D eigenvalue weighted by Crippen LogP contribution is -2.36. The van der Waals surface area contributed by atoms with Crippen LogP contribution in [0.5, 0.6) is 5.75 Å². The topological polar surface area (TPSA) is 76.1 Å². The van der Waals surface area contributed by atoms with E-state index in [-0.39, 0.29) is 18.1 Å². The number of carbonyl (C=O) groups excluding carboxylic acids is 1. The van der Waals surface area contributed by atoms with Crippen LogP contribution in [0.1, 0.15) is 62.3 Å². The maximum Gasteiger partial charge on any atom is 0.270 e. The Morgan fingerprint density at radius 1 is 1.15 bits per heavy atom. The molecule has 0 aliphatic heterocycles. The monoisotopic (exact) mass is 368 g/mol. The van der Waals surface area contributed by atoms with E-state index in [1.165, 1.54) is 19.3 Å². The Morgan fingerprint density at radius 3 is 2.63 bits per heavy atom. The number of carbonyl (C=O) groups is 1. The van der Waals surface area contributed by atoms with Gasteiger partial charge in [-0.2, -0.15) is 0 Å². The highest BCUT2D eigenvalue weighted by atomic mass is 16.5. The average molecular weight is 368 g/mol. The number of aromatic nitrogens is 2. The number of hydrogen-bond acceptors (Lipinski definition) is 5. The molecule has 0 unspecified atom stereocenters. The van der Waals surface area contributed by atoms with Gasteiger partial charge in [0, 0.05) is 12.1 Å². The van der Waals surface area contributed by atoms with Gasteiger partial charge in [0.25, 0.3) is 5.91 Å². The number of hydrogen-bond donors (Lipinski definition) is 2. The number of benzene rings is 1. The maximum absolute atomic E-state index is 12.6. The van der Waals surface area contributed by atoms with Gasteiger partial charge in [0.15, 0.2) is 0 Å². The third-order valence-electron chi connectivity index (χ3n) is 4.52. The van der Waals surface area contributed by atoms with Crippen LogP contribution in [-0.4, -0.2) is 28.0 Å². The molecule has 1 aromatic carbocycles. The Morgan fingerprint density at radius 2 is 1.89 bits per heavy atom. The number of para-hydroxylation sites is 2. The zero-order chi connectivity index (χ0) is 19.2. The molecule has 1 heterocycles. The maximum atomic E-state index is 12.6. The van der Waals surface area contributed by atoms with Crippen molar-refractivity contribution in [2.24, 2.45) is 0 Å². The number of aryl methyl sites for hydroxylation is 1. The molecule has 1 fully saturated rings. The normalized spacial score (nSPS) is 14.8. The van der Waals surface area contributed by atoms with Crippen LogP contribution in [0.4, 0.5) is 11.5 Å². The van der Waals surface area contributed by atoms with Crippen molar-refractivity contribution in [2.75, 3.05) is 5.32 Å². The number of amides is 1. The van der Waals surface area contributed by atoms with Crippen LogP contribution in [0.15, 0.2) is 30.3 Å². The highest BCUT2D eigenvalue weighted by Crippen LogP contribution is 2.28. The molecular weight excluding hydrogens is 340 g/mol. The first kappa shape index (κ1) is 19.1. The lowest BCUT2D eigenvalue weighted by molar-refractivity contribution is 0.0922. The van der Waals surface area contributed by atoms with E-state index in [4.69, 9.17) is 4.74 Å². The Balaban J connectivity index is 1.76. The van der Waals surface area contributed by atoms with E-state index in [1.807, 2.05) is 38.1 Å². The minimum absolute atomic E-state index is 0.0666. The van der Waals surface area contributed by atoms with Crippen LogP contribution in [0.25, 0.3) is 0 Å². The molecule has 6 nitrogen and oxygen atoms in total. The average Bonchev–Trinajstić information content (AvgIpc) is 2.63. The molecule has 144 valence electrons. The molecule has 1 aliphatic carbocycles. The van der Waals surface area contributed by atoms with Gasteiger partial charge in [-0.05, 0) is 45.7 Å². The van der Waals surface area contributed by atoms with Crippen molar-refractivity contribution in [3.05, 3.63) is 41.9 Å². The second-order valence-electron chi connectivity index (χ2n) is 7.28. The fraction of sp³-hybridized carbons (Fsp3) is 0.476. The first-order valence-corrected chi connectivity index (χ1v) is 9.70. The summed E-state index contributed by atoms with van der Waals surface area (Å²) in [6.45, 7) is 5.76. The molecule has 0 saturated heterocycles. The van der Waals surface area contributed by atoms with Gasteiger partial charge < -0.3 is 15.4 Å². The van der Waals surface area contributed by atoms with Crippen molar-refractivity contribution in [1.29, 1.82) is 0 Å². The van der Waals surface area contributed by atoms with Gasteiger partial charge in [0.05, 0.1) is 11.8 Å². The van der Waals surface area contributed by atoms with Crippen LogP contribution < -0.4 is 15.4 Å². The summed E-state index contributed by atoms with van der Waals surface area (Å²) in [5, 5.41) is 6.37. The predicted molar refractivity (Wildman–Crippen MR) is 107 cm³/mol. The molecule has 0 bridgehead atoms. The fourth-order valence-electron chi connectivity index (χ4n) is 3.32. The molecule has 1 amide bonds.